The third-order valence-corrected chi connectivity index (χ3v) is 6.51. The van der Waals surface area contributed by atoms with Crippen molar-refractivity contribution in [3.8, 4) is 11.3 Å². The Hall–Kier alpha value is -3.47. The van der Waals surface area contributed by atoms with Gasteiger partial charge in [0, 0.05) is 17.4 Å². The number of imide groups is 1. The predicted octanol–water partition coefficient (Wildman–Crippen LogP) is 4.46. The van der Waals surface area contributed by atoms with E-state index >= 15 is 0 Å². The Bertz CT molecular complexity index is 1200. The van der Waals surface area contributed by atoms with Crippen molar-refractivity contribution in [1.82, 2.24) is 9.47 Å². The molecule has 2 heterocycles. The number of carbonyl (C=O) groups is 3. The molecule has 0 radical (unpaired) electrons. The molecular weight excluding hydrogens is 388 g/mol. The number of allylic oxidation sites excluding steroid dienone is 2. The first-order chi connectivity index (χ1) is 15.1. The number of para-hydroxylation sites is 1. The fourth-order valence-corrected chi connectivity index (χ4v) is 5.06. The lowest BCUT2D eigenvalue weighted by Gasteiger charge is -2.15. The van der Waals surface area contributed by atoms with Crippen LogP contribution in [0.4, 0.5) is 0 Å². The summed E-state index contributed by atoms with van der Waals surface area (Å²) in [7, 11) is 0. The van der Waals surface area contributed by atoms with Gasteiger partial charge >= 0.3 is 0 Å². The normalized spacial score (nSPS) is 20.5. The highest BCUT2D eigenvalue weighted by molar-refractivity contribution is 6.17. The van der Waals surface area contributed by atoms with E-state index in [2.05, 4.69) is 11.5 Å². The molecule has 2 aliphatic rings. The molecule has 5 heteroatoms. The Kier molecular flexibility index (Phi) is 4.81. The van der Waals surface area contributed by atoms with Crippen LogP contribution in [-0.4, -0.2) is 33.6 Å². The zero-order valence-corrected chi connectivity index (χ0v) is 17.5. The van der Waals surface area contributed by atoms with E-state index in [-0.39, 0.29) is 36.0 Å². The Morgan fingerprint density at radius 2 is 1.52 bits per heavy atom. The highest BCUT2D eigenvalue weighted by atomic mass is 16.2. The molecular formula is C26H24N2O3. The van der Waals surface area contributed by atoms with E-state index in [0.717, 1.165) is 22.2 Å². The molecule has 0 saturated carbocycles. The topological polar surface area (TPSA) is 59.4 Å². The van der Waals surface area contributed by atoms with Crippen molar-refractivity contribution in [1.29, 1.82) is 0 Å². The van der Waals surface area contributed by atoms with Crippen molar-refractivity contribution < 1.29 is 14.4 Å². The fourth-order valence-electron chi connectivity index (χ4n) is 5.06. The zero-order chi connectivity index (χ0) is 21.5. The predicted molar refractivity (Wildman–Crippen MR) is 119 cm³/mol. The van der Waals surface area contributed by atoms with Crippen molar-refractivity contribution >= 4 is 28.5 Å². The number of benzene rings is 2. The average molecular weight is 412 g/mol. The second kappa shape index (κ2) is 7.65. The number of hydrogen-bond acceptors (Lipinski definition) is 3. The molecule has 0 spiro atoms. The molecule has 3 aromatic rings. The highest BCUT2D eigenvalue weighted by Gasteiger charge is 2.47. The summed E-state index contributed by atoms with van der Waals surface area (Å²) in [5.74, 6) is -1.27. The second-order valence-corrected chi connectivity index (χ2v) is 8.19. The number of nitrogens with zero attached hydrogens (tertiary/aromatic N) is 2. The summed E-state index contributed by atoms with van der Waals surface area (Å²) in [6, 6.07) is 17.7. The van der Waals surface area contributed by atoms with Gasteiger partial charge < -0.3 is 4.57 Å². The van der Waals surface area contributed by atoms with E-state index in [0.29, 0.717) is 24.9 Å². The van der Waals surface area contributed by atoms with Crippen LogP contribution in [0.15, 0.2) is 66.7 Å². The van der Waals surface area contributed by atoms with Crippen molar-refractivity contribution in [2.24, 2.45) is 11.8 Å². The van der Waals surface area contributed by atoms with E-state index in [1.165, 1.54) is 4.90 Å². The minimum absolute atomic E-state index is 0.199. The van der Waals surface area contributed by atoms with Crippen LogP contribution in [0.2, 0.25) is 0 Å². The lowest BCUT2D eigenvalue weighted by Crippen LogP contribution is -2.36. The van der Waals surface area contributed by atoms with Gasteiger partial charge in [-0.15, -0.1) is 0 Å². The van der Waals surface area contributed by atoms with E-state index in [1.54, 1.807) is 0 Å². The van der Waals surface area contributed by atoms with Crippen LogP contribution in [0.25, 0.3) is 22.2 Å². The van der Waals surface area contributed by atoms with Crippen LogP contribution < -0.4 is 0 Å². The molecule has 5 rings (SSSR count). The molecule has 1 saturated heterocycles. The fraction of sp³-hybridized carbons (Fsp3) is 0.269. The standard InChI is InChI=1S/C26H24N2O3/c1-2-27-21-15-9-8-14-20(21)23(24(27)17-10-4-3-5-11-17)22(29)16-28-25(30)18-12-6-7-13-19(18)26(28)31/h3-11,14-15,18-19H,2,12-13,16H2,1H3. The number of carbonyl (C=O) groups excluding carboxylic acids is 3. The van der Waals surface area contributed by atoms with Gasteiger partial charge in [-0.1, -0.05) is 60.7 Å². The number of amides is 2. The molecule has 2 amide bonds. The van der Waals surface area contributed by atoms with Crippen LogP contribution >= 0.6 is 0 Å². The van der Waals surface area contributed by atoms with Crippen molar-refractivity contribution in [3.05, 3.63) is 72.3 Å². The molecule has 1 aliphatic carbocycles. The summed E-state index contributed by atoms with van der Waals surface area (Å²) < 4.78 is 2.13. The Morgan fingerprint density at radius 1 is 0.903 bits per heavy atom. The van der Waals surface area contributed by atoms with E-state index in [4.69, 9.17) is 0 Å². The quantitative estimate of drug-likeness (QED) is 0.353. The maximum absolute atomic E-state index is 13.7. The first-order valence-electron chi connectivity index (χ1n) is 10.8. The Labute approximate surface area is 181 Å². The van der Waals surface area contributed by atoms with Gasteiger partial charge in [-0.25, -0.2) is 0 Å². The third-order valence-electron chi connectivity index (χ3n) is 6.51. The molecule has 5 nitrogen and oxygen atoms in total. The zero-order valence-electron chi connectivity index (χ0n) is 17.5. The molecule has 0 bridgehead atoms. The van der Waals surface area contributed by atoms with Crippen LogP contribution in [0.3, 0.4) is 0 Å². The Balaban J connectivity index is 1.59. The molecule has 1 fully saturated rings. The molecule has 2 unspecified atom stereocenters. The lowest BCUT2D eigenvalue weighted by atomic mass is 9.85. The third kappa shape index (κ3) is 3.03. The van der Waals surface area contributed by atoms with Gasteiger partial charge in [0.25, 0.3) is 0 Å². The number of likely N-dealkylation sites (tertiary alicyclic amines) is 1. The maximum Gasteiger partial charge on any atom is 0.233 e. The molecule has 1 aliphatic heterocycles. The minimum Gasteiger partial charge on any atom is -0.340 e. The van der Waals surface area contributed by atoms with Gasteiger partial charge in [-0.2, -0.15) is 0 Å². The summed E-state index contributed by atoms with van der Waals surface area (Å²) in [6.45, 7) is 2.55. The number of hydrogen-bond donors (Lipinski definition) is 0. The number of rotatable bonds is 5. The summed E-state index contributed by atoms with van der Waals surface area (Å²) in [5, 5.41) is 0.853. The molecule has 2 aromatic carbocycles. The van der Waals surface area contributed by atoms with Crippen molar-refractivity contribution in [2.45, 2.75) is 26.3 Å². The lowest BCUT2D eigenvalue weighted by molar-refractivity contribution is -0.139. The molecule has 31 heavy (non-hydrogen) atoms. The number of Topliss-reactive ketones (excluding diaryl/α,β-unsaturated/α-hetero) is 1. The number of aromatic nitrogens is 1. The van der Waals surface area contributed by atoms with Crippen LogP contribution in [0, 0.1) is 11.8 Å². The maximum atomic E-state index is 13.7. The van der Waals surface area contributed by atoms with Crippen LogP contribution in [-0.2, 0) is 16.1 Å². The van der Waals surface area contributed by atoms with Crippen LogP contribution in [0.5, 0.6) is 0 Å². The van der Waals surface area contributed by atoms with Crippen molar-refractivity contribution in [2.75, 3.05) is 6.54 Å². The largest absolute Gasteiger partial charge is 0.340 e. The van der Waals surface area contributed by atoms with Gasteiger partial charge in [0.15, 0.2) is 5.78 Å². The van der Waals surface area contributed by atoms with Crippen LogP contribution in [0.1, 0.15) is 30.1 Å². The van der Waals surface area contributed by atoms with E-state index in [1.807, 2.05) is 66.7 Å². The molecule has 1 aromatic heterocycles. The Morgan fingerprint density at radius 3 is 2.16 bits per heavy atom. The average Bonchev–Trinajstić information content (AvgIpc) is 3.27. The summed E-state index contributed by atoms with van der Waals surface area (Å²) in [5.41, 5.74) is 3.34. The summed E-state index contributed by atoms with van der Waals surface area (Å²) in [6.07, 6.45) is 5.06. The summed E-state index contributed by atoms with van der Waals surface area (Å²) >= 11 is 0. The number of aryl methyl sites for hydroxylation is 1. The number of ketones is 1. The first kappa shape index (κ1) is 19.5. The molecule has 2 atom stereocenters. The van der Waals surface area contributed by atoms with Gasteiger partial charge in [-0.3, -0.25) is 19.3 Å². The SMILES string of the molecule is CCn1c(-c2ccccc2)c(C(=O)CN2C(=O)C3CC=CCC3C2=O)c2ccccc21. The van der Waals surface area contributed by atoms with Gasteiger partial charge in [0.2, 0.25) is 11.8 Å². The monoisotopic (exact) mass is 412 g/mol. The van der Waals surface area contributed by atoms with E-state index < -0.39 is 0 Å². The smallest absolute Gasteiger partial charge is 0.233 e. The van der Waals surface area contributed by atoms with E-state index in [9.17, 15) is 14.4 Å². The molecule has 0 N–H and O–H groups in total. The van der Waals surface area contributed by atoms with Gasteiger partial charge in [-0.05, 0) is 31.4 Å². The second-order valence-electron chi connectivity index (χ2n) is 8.19. The highest BCUT2D eigenvalue weighted by Crippen LogP contribution is 2.37. The number of fused-ring (bicyclic) bond motifs is 2. The van der Waals surface area contributed by atoms with Gasteiger partial charge in [0.05, 0.1) is 29.6 Å². The molecule has 156 valence electrons. The minimum atomic E-state index is -0.323. The van der Waals surface area contributed by atoms with Gasteiger partial charge in [0.1, 0.15) is 0 Å². The summed E-state index contributed by atoms with van der Waals surface area (Å²) in [4.78, 5) is 40.7. The first-order valence-corrected chi connectivity index (χ1v) is 10.8. The van der Waals surface area contributed by atoms with Crippen molar-refractivity contribution in [3.63, 3.8) is 0 Å².